The summed E-state index contributed by atoms with van der Waals surface area (Å²) in [7, 11) is -1.98. The number of ether oxygens (including phenoxy) is 1. The molecule has 2 aromatic rings. The zero-order chi connectivity index (χ0) is 17.9. The third-order valence-corrected chi connectivity index (χ3v) is 5.27. The van der Waals surface area contributed by atoms with E-state index in [0.717, 1.165) is 12.8 Å². The van der Waals surface area contributed by atoms with Crippen molar-refractivity contribution in [3.8, 4) is 5.75 Å². The van der Waals surface area contributed by atoms with E-state index in [1.165, 1.54) is 19.2 Å². The fraction of sp³-hybridized carbons (Fsp3) is 0.235. The van der Waals surface area contributed by atoms with Crippen molar-refractivity contribution in [3.63, 3.8) is 0 Å². The molecule has 2 aromatic carbocycles. The molecule has 1 amide bonds. The number of carbonyl (C=O) groups is 1. The van der Waals surface area contributed by atoms with E-state index in [0.29, 0.717) is 17.0 Å². The van der Waals surface area contributed by atoms with Crippen molar-refractivity contribution in [1.82, 2.24) is 10.1 Å². The molecule has 132 valence electrons. The van der Waals surface area contributed by atoms with Crippen LogP contribution in [-0.2, 0) is 10.0 Å². The van der Waals surface area contributed by atoms with Crippen molar-refractivity contribution in [2.45, 2.75) is 23.8 Å². The fourth-order valence-electron chi connectivity index (χ4n) is 2.23. The van der Waals surface area contributed by atoms with Gasteiger partial charge in [-0.25, -0.2) is 13.1 Å². The highest BCUT2D eigenvalue weighted by atomic mass is 32.2. The van der Waals surface area contributed by atoms with E-state index in [9.17, 15) is 13.2 Å². The first kappa shape index (κ1) is 17.2. The molecular weight excluding hydrogens is 342 g/mol. The molecule has 0 radical (unpaired) electrons. The maximum Gasteiger partial charge on any atom is 0.273 e. The van der Waals surface area contributed by atoms with E-state index in [1.54, 1.807) is 36.4 Å². The SMILES string of the molecule is COc1ccccc1C(=O)NNc1ccc(S(=O)(=O)NC2CC2)cc1. The Bertz CT molecular complexity index is 862. The van der Waals surface area contributed by atoms with Gasteiger partial charge in [0.05, 0.1) is 23.3 Å². The number of hydrogen-bond acceptors (Lipinski definition) is 5. The van der Waals surface area contributed by atoms with Gasteiger partial charge in [-0.2, -0.15) is 0 Å². The highest BCUT2D eigenvalue weighted by Crippen LogP contribution is 2.23. The van der Waals surface area contributed by atoms with Crippen molar-refractivity contribution >= 4 is 21.6 Å². The second kappa shape index (κ2) is 7.12. The van der Waals surface area contributed by atoms with Crippen LogP contribution in [0, 0.1) is 0 Å². The lowest BCUT2D eigenvalue weighted by Crippen LogP contribution is -2.29. The van der Waals surface area contributed by atoms with Crippen LogP contribution in [0.15, 0.2) is 53.4 Å². The summed E-state index contributed by atoms with van der Waals surface area (Å²) in [5.41, 5.74) is 6.27. The highest BCUT2D eigenvalue weighted by molar-refractivity contribution is 7.89. The van der Waals surface area contributed by atoms with Crippen molar-refractivity contribution in [1.29, 1.82) is 0 Å². The number of amides is 1. The average Bonchev–Trinajstić information content (AvgIpc) is 3.43. The number of nitrogens with one attached hydrogen (secondary N) is 3. The molecule has 0 bridgehead atoms. The number of hydrogen-bond donors (Lipinski definition) is 3. The molecular formula is C17H19N3O4S. The number of anilines is 1. The second-order valence-corrected chi connectivity index (χ2v) is 7.41. The molecule has 0 heterocycles. The third-order valence-electron chi connectivity index (χ3n) is 3.74. The molecule has 25 heavy (non-hydrogen) atoms. The molecule has 0 atom stereocenters. The van der Waals surface area contributed by atoms with Gasteiger partial charge < -0.3 is 4.74 Å². The summed E-state index contributed by atoms with van der Waals surface area (Å²) in [6.07, 6.45) is 1.77. The largest absolute Gasteiger partial charge is 0.496 e. The van der Waals surface area contributed by atoms with Gasteiger partial charge in [-0.1, -0.05) is 12.1 Å². The molecule has 3 rings (SSSR count). The average molecular weight is 361 g/mol. The molecule has 1 aliphatic rings. The number of hydrazine groups is 1. The smallest absolute Gasteiger partial charge is 0.273 e. The molecule has 3 N–H and O–H groups in total. The predicted octanol–water partition coefficient (Wildman–Crippen LogP) is 1.89. The highest BCUT2D eigenvalue weighted by Gasteiger charge is 2.27. The minimum Gasteiger partial charge on any atom is -0.496 e. The van der Waals surface area contributed by atoms with Gasteiger partial charge >= 0.3 is 0 Å². The first-order chi connectivity index (χ1) is 12.0. The molecule has 0 unspecified atom stereocenters. The van der Waals surface area contributed by atoms with E-state index in [2.05, 4.69) is 15.6 Å². The Morgan fingerprint density at radius 3 is 2.40 bits per heavy atom. The molecule has 0 aliphatic heterocycles. The summed E-state index contributed by atoms with van der Waals surface area (Å²) in [5.74, 6) is 0.110. The standard InChI is InChI=1S/C17H19N3O4S/c1-24-16-5-3-2-4-15(16)17(21)19-18-12-8-10-14(11-9-12)25(22,23)20-13-6-7-13/h2-5,8-11,13,18,20H,6-7H2,1H3,(H,19,21). The Morgan fingerprint density at radius 1 is 1.08 bits per heavy atom. The number of para-hydroxylation sites is 1. The molecule has 1 saturated carbocycles. The van der Waals surface area contributed by atoms with Crippen LogP contribution < -0.4 is 20.3 Å². The summed E-state index contributed by atoms with van der Waals surface area (Å²) in [5, 5.41) is 0. The minimum atomic E-state index is -3.48. The van der Waals surface area contributed by atoms with Crippen LogP contribution in [0.3, 0.4) is 0 Å². The fourth-order valence-corrected chi connectivity index (χ4v) is 3.54. The van der Waals surface area contributed by atoms with Gasteiger partial charge in [0.15, 0.2) is 0 Å². The Kier molecular flexibility index (Phi) is 4.91. The number of methoxy groups -OCH3 is 1. The van der Waals surface area contributed by atoms with Crippen LogP contribution in [0.5, 0.6) is 5.75 Å². The Hall–Kier alpha value is -2.58. The maximum atomic E-state index is 12.2. The van der Waals surface area contributed by atoms with Crippen LogP contribution in [0.1, 0.15) is 23.2 Å². The summed E-state index contributed by atoms with van der Waals surface area (Å²) in [6, 6.07) is 13.1. The lowest BCUT2D eigenvalue weighted by molar-refractivity contribution is 0.0959. The molecule has 0 spiro atoms. The summed E-state index contributed by atoms with van der Waals surface area (Å²) >= 11 is 0. The normalized spacial score (nSPS) is 14.0. The van der Waals surface area contributed by atoms with Gasteiger partial charge in [-0.3, -0.25) is 15.6 Å². The number of benzene rings is 2. The van der Waals surface area contributed by atoms with Gasteiger partial charge in [0.25, 0.3) is 5.91 Å². The zero-order valence-electron chi connectivity index (χ0n) is 13.7. The van der Waals surface area contributed by atoms with Gasteiger partial charge in [-0.15, -0.1) is 0 Å². The Morgan fingerprint density at radius 2 is 1.76 bits per heavy atom. The molecule has 1 fully saturated rings. The quantitative estimate of drug-likeness (QED) is 0.655. The topological polar surface area (TPSA) is 96.5 Å². The summed E-state index contributed by atoms with van der Waals surface area (Å²) in [4.78, 5) is 12.4. The Labute approximate surface area is 146 Å². The van der Waals surface area contributed by atoms with Gasteiger partial charge in [0.2, 0.25) is 10.0 Å². The third kappa shape index (κ3) is 4.28. The molecule has 7 nitrogen and oxygen atoms in total. The molecule has 1 aliphatic carbocycles. The molecule has 0 aromatic heterocycles. The van der Waals surface area contributed by atoms with Crippen molar-refractivity contribution < 1.29 is 17.9 Å². The van der Waals surface area contributed by atoms with E-state index in [-0.39, 0.29) is 16.8 Å². The molecule has 8 heteroatoms. The van der Waals surface area contributed by atoms with Gasteiger partial charge in [0.1, 0.15) is 5.75 Å². The monoisotopic (exact) mass is 361 g/mol. The van der Waals surface area contributed by atoms with Crippen molar-refractivity contribution in [2.75, 3.05) is 12.5 Å². The maximum absolute atomic E-state index is 12.2. The summed E-state index contributed by atoms with van der Waals surface area (Å²) in [6.45, 7) is 0. The zero-order valence-corrected chi connectivity index (χ0v) is 14.5. The number of sulfonamides is 1. The van der Waals surface area contributed by atoms with Crippen LogP contribution in [-0.4, -0.2) is 27.5 Å². The second-order valence-electron chi connectivity index (χ2n) is 5.70. The lowest BCUT2D eigenvalue weighted by atomic mass is 10.2. The van der Waals surface area contributed by atoms with Crippen LogP contribution >= 0.6 is 0 Å². The van der Waals surface area contributed by atoms with Crippen LogP contribution in [0.4, 0.5) is 5.69 Å². The van der Waals surface area contributed by atoms with Gasteiger partial charge in [0, 0.05) is 6.04 Å². The van der Waals surface area contributed by atoms with E-state index in [4.69, 9.17) is 4.74 Å². The molecule has 0 saturated heterocycles. The predicted molar refractivity (Wildman–Crippen MR) is 93.9 cm³/mol. The van der Waals surface area contributed by atoms with Crippen molar-refractivity contribution in [2.24, 2.45) is 0 Å². The van der Waals surface area contributed by atoms with Crippen LogP contribution in [0.25, 0.3) is 0 Å². The minimum absolute atomic E-state index is 0.0583. The van der Waals surface area contributed by atoms with Crippen LogP contribution in [0.2, 0.25) is 0 Å². The first-order valence-corrected chi connectivity index (χ1v) is 9.30. The lowest BCUT2D eigenvalue weighted by Gasteiger charge is -2.11. The van der Waals surface area contributed by atoms with E-state index < -0.39 is 10.0 Å². The number of carbonyl (C=O) groups excluding carboxylic acids is 1. The van der Waals surface area contributed by atoms with Crippen molar-refractivity contribution in [3.05, 3.63) is 54.1 Å². The van der Waals surface area contributed by atoms with E-state index >= 15 is 0 Å². The summed E-state index contributed by atoms with van der Waals surface area (Å²) < 4.78 is 32.0. The first-order valence-electron chi connectivity index (χ1n) is 7.81. The Balaban J connectivity index is 1.62. The number of rotatable bonds is 7. The van der Waals surface area contributed by atoms with Gasteiger partial charge in [-0.05, 0) is 49.2 Å². The van der Waals surface area contributed by atoms with E-state index in [1.807, 2.05) is 0 Å².